The van der Waals surface area contributed by atoms with Crippen molar-refractivity contribution in [2.45, 2.75) is 32.0 Å². The van der Waals surface area contributed by atoms with Crippen LogP contribution in [0.15, 0.2) is 59.3 Å². The fourth-order valence-electron chi connectivity index (χ4n) is 3.41. The molecule has 0 radical (unpaired) electrons. The number of rotatable bonds is 6. The van der Waals surface area contributed by atoms with Crippen LogP contribution in [0.3, 0.4) is 0 Å². The molecule has 0 spiro atoms. The number of furan rings is 1. The molecule has 3 heterocycles. The van der Waals surface area contributed by atoms with Gasteiger partial charge >= 0.3 is 0 Å². The second-order valence-electron chi connectivity index (χ2n) is 6.77. The molecule has 28 heavy (non-hydrogen) atoms. The first kappa shape index (κ1) is 18.0. The molecule has 1 aliphatic heterocycles. The Balaban J connectivity index is 1.36. The van der Waals surface area contributed by atoms with Crippen molar-refractivity contribution in [3.8, 4) is 0 Å². The lowest BCUT2D eigenvalue weighted by Gasteiger charge is -2.23. The Morgan fingerprint density at radius 1 is 1.18 bits per heavy atom. The van der Waals surface area contributed by atoms with Crippen molar-refractivity contribution >= 4 is 11.8 Å². The summed E-state index contributed by atoms with van der Waals surface area (Å²) in [6.07, 6.45) is 4.92. The molecular formula is C20H21N5O3. The van der Waals surface area contributed by atoms with E-state index in [1.54, 1.807) is 27.9 Å². The molecule has 3 aromatic rings. The first-order valence-electron chi connectivity index (χ1n) is 9.27. The molecule has 0 unspecified atom stereocenters. The van der Waals surface area contributed by atoms with E-state index in [2.05, 4.69) is 15.6 Å². The maximum absolute atomic E-state index is 12.6. The van der Waals surface area contributed by atoms with Gasteiger partial charge in [0.05, 0.1) is 25.0 Å². The van der Waals surface area contributed by atoms with Crippen molar-refractivity contribution in [2.24, 2.45) is 0 Å². The molecule has 0 aliphatic carbocycles. The van der Waals surface area contributed by atoms with Gasteiger partial charge in [-0.1, -0.05) is 35.5 Å². The number of benzene rings is 1. The summed E-state index contributed by atoms with van der Waals surface area (Å²) in [5, 5.41) is 10.9. The van der Waals surface area contributed by atoms with Crippen LogP contribution in [-0.4, -0.2) is 44.3 Å². The lowest BCUT2D eigenvalue weighted by atomic mass is 10.2. The molecule has 8 nitrogen and oxygen atoms in total. The number of hydrogen-bond acceptors (Lipinski definition) is 5. The van der Waals surface area contributed by atoms with Gasteiger partial charge in [0, 0.05) is 13.1 Å². The highest BCUT2D eigenvalue weighted by Crippen LogP contribution is 2.21. The third kappa shape index (κ3) is 3.95. The van der Waals surface area contributed by atoms with Gasteiger partial charge in [0.1, 0.15) is 0 Å². The third-order valence-electron chi connectivity index (χ3n) is 4.83. The van der Waals surface area contributed by atoms with E-state index in [1.165, 1.54) is 6.26 Å². The second-order valence-corrected chi connectivity index (χ2v) is 6.77. The maximum atomic E-state index is 12.6. The standard InChI is InChI=1S/C20H21N5O3/c26-19(21-12-15-6-2-1-3-7-15)17-14-24(23-22-17)13-16-8-4-10-25(16)20(27)18-9-5-11-28-18/h1-3,5-7,9,11,14,16H,4,8,10,12-13H2,(H,21,26)/t16-/m0/s1. The zero-order valence-electron chi connectivity index (χ0n) is 15.3. The first-order chi connectivity index (χ1) is 13.7. The molecular weight excluding hydrogens is 358 g/mol. The monoisotopic (exact) mass is 379 g/mol. The van der Waals surface area contributed by atoms with Crippen molar-refractivity contribution in [3.63, 3.8) is 0 Å². The van der Waals surface area contributed by atoms with Gasteiger partial charge < -0.3 is 14.6 Å². The summed E-state index contributed by atoms with van der Waals surface area (Å²) >= 11 is 0. The van der Waals surface area contributed by atoms with E-state index >= 15 is 0 Å². The lowest BCUT2D eigenvalue weighted by molar-refractivity contribution is 0.0688. The molecule has 1 aromatic carbocycles. The van der Waals surface area contributed by atoms with Crippen molar-refractivity contribution in [1.82, 2.24) is 25.2 Å². The van der Waals surface area contributed by atoms with Crippen LogP contribution in [0.2, 0.25) is 0 Å². The first-order valence-corrected chi connectivity index (χ1v) is 9.27. The quantitative estimate of drug-likeness (QED) is 0.708. The summed E-state index contributed by atoms with van der Waals surface area (Å²) in [6, 6.07) is 13.0. The summed E-state index contributed by atoms with van der Waals surface area (Å²) in [7, 11) is 0. The smallest absolute Gasteiger partial charge is 0.289 e. The van der Waals surface area contributed by atoms with Gasteiger partial charge in [-0.05, 0) is 30.5 Å². The minimum absolute atomic E-state index is 0.000435. The number of aromatic nitrogens is 3. The SMILES string of the molecule is O=C(NCc1ccccc1)c1cn(C[C@@H]2CCCN2C(=O)c2ccco2)nn1. The fourth-order valence-corrected chi connectivity index (χ4v) is 3.41. The Kier molecular flexibility index (Phi) is 5.18. The lowest BCUT2D eigenvalue weighted by Crippen LogP contribution is -2.38. The highest BCUT2D eigenvalue weighted by atomic mass is 16.3. The minimum Gasteiger partial charge on any atom is -0.459 e. The van der Waals surface area contributed by atoms with E-state index in [0.717, 1.165) is 18.4 Å². The van der Waals surface area contributed by atoms with Crippen molar-refractivity contribution < 1.29 is 14.0 Å². The highest BCUT2D eigenvalue weighted by molar-refractivity contribution is 5.92. The molecule has 0 saturated carbocycles. The molecule has 144 valence electrons. The Labute approximate surface area is 162 Å². The van der Waals surface area contributed by atoms with E-state index < -0.39 is 0 Å². The van der Waals surface area contributed by atoms with Crippen LogP contribution in [0.25, 0.3) is 0 Å². The number of carbonyl (C=O) groups excluding carboxylic acids is 2. The topological polar surface area (TPSA) is 93.3 Å². The number of nitrogens with zero attached hydrogens (tertiary/aromatic N) is 4. The van der Waals surface area contributed by atoms with Crippen LogP contribution >= 0.6 is 0 Å². The van der Waals surface area contributed by atoms with Crippen molar-refractivity contribution in [3.05, 3.63) is 71.9 Å². The number of amides is 2. The molecule has 1 fully saturated rings. The van der Waals surface area contributed by atoms with Gasteiger partial charge in [0.25, 0.3) is 11.8 Å². The summed E-state index contributed by atoms with van der Waals surface area (Å²) in [5.41, 5.74) is 1.28. The van der Waals surface area contributed by atoms with E-state index in [1.807, 2.05) is 30.3 Å². The van der Waals surface area contributed by atoms with Crippen LogP contribution in [0.1, 0.15) is 39.4 Å². The Morgan fingerprint density at radius 3 is 2.82 bits per heavy atom. The molecule has 1 atom stereocenters. The summed E-state index contributed by atoms with van der Waals surface area (Å²) < 4.78 is 6.85. The zero-order chi connectivity index (χ0) is 19.3. The van der Waals surface area contributed by atoms with Crippen LogP contribution in [0, 0.1) is 0 Å². The van der Waals surface area contributed by atoms with Gasteiger partial charge in [-0.3, -0.25) is 9.59 Å². The van der Waals surface area contributed by atoms with Crippen LogP contribution in [-0.2, 0) is 13.1 Å². The van der Waals surface area contributed by atoms with Gasteiger partial charge in [0.2, 0.25) is 0 Å². The summed E-state index contributed by atoms with van der Waals surface area (Å²) in [6.45, 7) is 1.61. The van der Waals surface area contributed by atoms with E-state index in [4.69, 9.17) is 4.42 Å². The Hall–Kier alpha value is -3.42. The molecule has 1 N–H and O–H groups in total. The predicted molar refractivity (Wildman–Crippen MR) is 100 cm³/mol. The van der Waals surface area contributed by atoms with Crippen LogP contribution in [0.5, 0.6) is 0 Å². The predicted octanol–water partition coefficient (Wildman–Crippen LogP) is 2.11. The Bertz CT molecular complexity index is 936. The van der Waals surface area contributed by atoms with Gasteiger partial charge in [-0.2, -0.15) is 0 Å². The molecule has 2 amide bonds. The average Bonchev–Trinajstić information content (AvgIpc) is 3.48. The fraction of sp³-hybridized carbons (Fsp3) is 0.300. The van der Waals surface area contributed by atoms with E-state index in [0.29, 0.717) is 25.4 Å². The third-order valence-corrected chi connectivity index (χ3v) is 4.83. The van der Waals surface area contributed by atoms with E-state index in [-0.39, 0.29) is 23.6 Å². The number of carbonyl (C=O) groups is 2. The number of likely N-dealkylation sites (tertiary alicyclic amines) is 1. The molecule has 2 aromatic heterocycles. The minimum atomic E-state index is -0.273. The zero-order valence-corrected chi connectivity index (χ0v) is 15.3. The van der Waals surface area contributed by atoms with Gasteiger partial charge in [0.15, 0.2) is 11.5 Å². The maximum Gasteiger partial charge on any atom is 0.289 e. The molecule has 1 saturated heterocycles. The van der Waals surface area contributed by atoms with Crippen LogP contribution < -0.4 is 5.32 Å². The normalized spacial score (nSPS) is 16.3. The average molecular weight is 379 g/mol. The summed E-state index contributed by atoms with van der Waals surface area (Å²) in [5.74, 6) is -0.0510. The van der Waals surface area contributed by atoms with Crippen LogP contribution in [0.4, 0.5) is 0 Å². The molecule has 4 rings (SSSR count). The molecule has 8 heteroatoms. The summed E-state index contributed by atoms with van der Waals surface area (Å²) in [4.78, 5) is 26.7. The number of hydrogen-bond donors (Lipinski definition) is 1. The number of nitrogens with one attached hydrogen (secondary N) is 1. The molecule has 0 bridgehead atoms. The van der Waals surface area contributed by atoms with Gasteiger partial charge in [-0.15, -0.1) is 5.10 Å². The highest BCUT2D eigenvalue weighted by Gasteiger charge is 2.31. The second kappa shape index (κ2) is 8.08. The van der Waals surface area contributed by atoms with Crippen molar-refractivity contribution in [2.75, 3.05) is 6.54 Å². The van der Waals surface area contributed by atoms with Gasteiger partial charge in [-0.25, -0.2) is 4.68 Å². The largest absolute Gasteiger partial charge is 0.459 e. The van der Waals surface area contributed by atoms with Crippen molar-refractivity contribution in [1.29, 1.82) is 0 Å². The Morgan fingerprint density at radius 2 is 2.04 bits per heavy atom. The molecule has 1 aliphatic rings. The van der Waals surface area contributed by atoms with E-state index in [9.17, 15) is 9.59 Å².